The van der Waals surface area contributed by atoms with Gasteiger partial charge in [0.2, 0.25) is 0 Å². The predicted octanol–water partition coefficient (Wildman–Crippen LogP) is 2.75. The van der Waals surface area contributed by atoms with Crippen LogP contribution >= 0.6 is 11.3 Å². The molecule has 0 unspecified atom stereocenters. The van der Waals surface area contributed by atoms with Crippen molar-refractivity contribution in [2.75, 3.05) is 6.61 Å². The summed E-state index contributed by atoms with van der Waals surface area (Å²) in [6.07, 6.45) is 3.42. The molecule has 2 aromatic rings. The van der Waals surface area contributed by atoms with Crippen molar-refractivity contribution in [2.45, 2.75) is 32.4 Å². The van der Waals surface area contributed by atoms with Gasteiger partial charge in [-0.2, -0.15) is 5.10 Å². The second kappa shape index (κ2) is 7.54. The number of ether oxygens (including phenoxy) is 1. The number of aromatic carboxylic acids is 1. The molecule has 0 atom stereocenters. The van der Waals surface area contributed by atoms with Crippen LogP contribution in [0, 0.1) is 11.8 Å². The molecule has 0 spiro atoms. The lowest BCUT2D eigenvalue weighted by Crippen LogP contribution is -2.22. The third-order valence-corrected chi connectivity index (χ3v) is 5.39. The molecule has 2 rings (SSSR count). The van der Waals surface area contributed by atoms with Crippen molar-refractivity contribution < 1.29 is 14.6 Å². The summed E-state index contributed by atoms with van der Waals surface area (Å²) in [6, 6.07) is 1.12. The Morgan fingerprint density at radius 1 is 1.43 bits per heavy atom. The average Bonchev–Trinajstić information content (AvgIpc) is 3.09. The first-order valence-electron chi connectivity index (χ1n) is 7.14. The molecule has 0 fully saturated rings. The fourth-order valence-corrected chi connectivity index (χ4v) is 3.03. The lowest BCUT2D eigenvalue weighted by molar-refractivity contribution is 0.0691. The second-order valence-electron chi connectivity index (χ2n) is 6.20. The van der Waals surface area contributed by atoms with Crippen LogP contribution in [0.4, 0.5) is 0 Å². The van der Waals surface area contributed by atoms with E-state index < -0.39 is 14.0 Å². The Kier molecular flexibility index (Phi) is 5.71. The number of rotatable bonds is 6. The fourth-order valence-electron chi connectivity index (χ4n) is 1.65. The molecule has 0 radical (unpaired) electrons. The lowest BCUT2D eigenvalue weighted by atomic mass is 10.3. The van der Waals surface area contributed by atoms with Crippen molar-refractivity contribution in [3.05, 3.63) is 34.0 Å². The molecule has 23 heavy (non-hydrogen) atoms. The summed E-state index contributed by atoms with van der Waals surface area (Å²) in [5.41, 5.74) is 2.18. The topological polar surface area (TPSA) is 77.2 Å². The Bertz CT molecular complexity index is 737. The van der Waals surface area contributed by atoms with Crippen LogP contribution in [0.25, 0.3) is 0 Å². The molecule has 0 saturated heterocycles. The summed E-state index contributed by atoms with van der Waals surface area (Å²) < 4.78 is 7.29. The normalized spacial score (nSPS) is 11.1. The van der Waals surface area contributed by atoms with Crippen LogP contribution in [0.2, 0.25) is 25.7 Å². The van der Waals surface area contributed by atoms with Crippen LogP contribution < -0.4 is 0 Å². The molecule has 1 N–H and O–H groups in total. The summed E-state index contributed by atoms with van der Waals surface area (Å²) in [4.78, 5) is 15.2. The lowest BCUT2D eigenvalue weighted by Gasteiger charge is -2.15. The minimum absolute atomic E-state index is 0.00966. The molecule has 2 aromatic heterocycles. The van der Waals surface area contributed by atoms with Crippen LogP contribution in [0.3, 0.4) is 0 Å². The average molecular weight is 349 g/mol. The third-order valence-electron chi connectivity index (χ3n) is 2.94. The zero-order valence-electron chi connectivity index (χ0n) is 13.4. The zero-order valence-corrected chi connectivity index (χ0v) is 15.2. The maximum absolute atomic E-state index is 11.0. The van der Waals surface area contributed by atoms with Crippen LogP contribution in [-0.2, 0) is 11.5 Å². The quantitative estimate of drug-likeness (QED) is 0.493. The highest BCUT2D eigenvalue weighted by Crippen LogP contribution is 2.12. The van der Waals surface area contributed by atoms with E-state index in [0.29, 0.717) is 17.2 Å². The van der Waals surface area contributed by atoms with E-state index >= 15 is 0 Å². The summed E-state index contributed by atoms with van der Waals surface area (Å²) in [7, 11) is -1.08. The zero-order chi connectivity index (χ0) is 16.9. The molecule has 0 amide bonds. The first-order chi connectivity index (χ1) is 10.8. The van der Waals surface area contributed by atoms with Gasteiger partial charge in [0.25, 0.3) is 0 Å². The number of nitrogens with zero attached hydrogens (tertiary/aromatic N) is 3. The van der Waals surface area contributed by atoms with E-state index in [1.165, 1.54) is 16.8 Å². The highest BCUT2D eigenvalue weighted by atomic mass is 32.1. The van der Waals surface area contributed by atoms with Crippen molar-refractivity contribution >= 4 is 25.4 Å². The standard InChI is InChI=1S/C15H19N3O3SSi/c1-23(2,3)7-6-21-11-18-9-12(8-17-18)4-5-13-14(15(19)20)16-10-22-13/h8-10H,6-7,11H2,1-3H3,(H,19,20). The van der Waals surface area contributed by atoms with E-state index in [0.717, 1.165) is 12.7 Å². The molecule has 0 aliphatic heterocycles. The molecule has 6 nitrogen and oxygen atoms in total. The molecular weight excluding hydrogens is 330 g/mol. The van der Waals surface area contributed by atoms with Crippen LogP contribution in [0.5, 0.6) is 0 Å². The molecule has 0 aromatic carbocycles. The molecule has 0 saturated carbocycles. The van der Waals surface area contributed by atoms with E-state index in [4.69, 9.17) is 9.84 Å². The summed E-state index contributed by atoms with van der Waals surface area (Å²) >= 11 is 1.21. The third kappa shape index (κ3) is 5.63. The van der Waals surface area contributed by atoms with Crippen molar-refractivity contribution in [2.24, 2.45) is 0 Å². The van der Waals surface area contributed by atoms with Gasteiger partial charge in [-0.3, -0.25) is 0 Å². The fraction of sp³-hybridized carbons (Fsp3) is 0.400. The Hall–Kier alpha value is -1.95. The first-order valence-corrected chi connectivity index (χ1v) is 11.7. The van der Waals surface area contributed by atoms with Gasteiger partial charge in [0.1, 0.15) is 11.6 Å². The Balaban J connectivity index is 1.92. The minimum atomic E-state index is -1.08. The summed E-state index contributed by atoms with van der Waals surface area (Å²) in [5, 5.41) is 13.2. The Morgan fingerprint density at radius 2 is 2.22 bits per heavy atom. The van der Waals surface area contributed by atoms with E-state index in [-0.39, 0.29) is 5.69 Å². The van der Waals surface area contributed by atoms with Gasteiger partial charge in [0, 0.05) is 20.9 Å². The molecule has 122 valence electrons. The van der Waals surface area contributed by atoms with Gasteiger partial charge < -0.3 is 9.84 Å². The van der Waals surface area contributed by atoms with Crippen molar-refractivity contribution in [3.8, 4) is 11.8 Å². The van der Waals surface area contributed by atoms with Crippen molar-refractivity contribution in [1.29, 1.82) is 0 Å². The van der Waals surface area contributed by atoms with Gasteiger partial charge in [-0.25, -0.2) is 14.5 Å². The minimum Gasteiger partial charge on any atom is -0.476 e. The number of carboxylic acids is 1. The molecule has 0 aliphatic rings. The highest BCUT2D eigenvalue weighted by Gasteiger charge is 2.12. The summed E-state index contributed by atoms with van der Waals surface area (Å²) in [6.45, 7) is 8.06. The van der Waals surface area contributed by atoms with E-state index in [1.807, 2.05) is 0 Å². The van der Waals surface area contributed by atoms with Crippen LogP contribution in [0.1, 0.15) is 20.9 Å². The van der Waals surface area contributed by atoms with Crippen LogP contribution in [0.15, 0.2) is 17.9 Å². The van der Waals surface area contributed by atoms with Gasteiger partial charge in [-0.05, 0) is 12.0 Å². The van der Waals surface area contributed by atoms with Gasteiger partial charge >= 0.3 is 5.97 Å². The Morgan fingerprint density at radius 3 is 2.91 bits per heavy atom. The molecule has 2 heterocycles. The Labute approximate surface area is 140 Å². The first kappa shape index (κ1) is 17.4. The maximum Gasteiger partial charge on any atom is 0.356 e. The predicted molar refractivity (Wildman–Crippen MR) is 91.4 cm³/mol. The number of hydrogen-bond donors (Lipinski definition) is 1. The monoisotopic (exact) mass is 349 g/mol. The highest BCUT2D eigenvalue weighted by molar-refractivity contribution is 7.10. The number of hydrogen-bond acceptors (Lipinski definition) is 5. The number of thiazole rings is 1. The summed E-state index contributed by atoms with van der Waals surface area (Å²) in [5.74, 6) is 4.66. The number of carbonyl (C=O) groups is 1. The van der Waals surface area contributed by atoms with Gasteiger partial charge in [0.05, 0.1) is 17.3 Å². The number of aromatic nitrogens is 3. The second-order valence-corrected chi connectivity index (χ2v) is 12.7. The van der Waals surface area contributed by atoms with Crippen LogP contribution in [-0.4, -0.2) is 40.5 Å². The molecule has 8 heteroatoms. The van der Waals surface area contributed by atoms with E-state index in [2.05, 4.69) is 41.6 Å². The maximum atomic E-state index is 11.0. The van der Waals surface area contributed by atoms with Crippen molar-refractivity contribution in [1.82, 2.24) is 14.8 Å². The van der Waals surface area contributed by atoms with E-state index in [1.54, 1.807) is 17.1 Å². The smallest absolute Gasteiger partial charge is 0.356 e. The largest absolute Gasteiger partial charge is 0.476 e. The number of carboxylic acid groups (broad SMARTS) is 1. The van der Waals surface area contributed by atoms with Gasteiger partial charge in [-0.1, -0.05) is 25.6 Å². The molecule has 0 bridgehead atoms. The molecule has 0 aliphatic carbocycles. The van der Waals surface area contributed by atoms with Gasteiger partial charge in [-0.15, -0.1) is 11.3 Å². The van der Waals surface area contributed by atoms with Crippen molar-refractivity contribution in [3.63, 3.8) is 0 Å². The van der Waals surface area contributed by atoms with E-state index in [9.17, 15) is 4.79 Å². The SMILES string of the molecule is C[Si](C)(C)CCOCn1cc(C#Cc2scnc2C(=O)O)cn1. The molecular formula is C15H19N3O3SSi. The van der Waals surface area contributed by atoms with Gasteiger partial charge in [0.15, 0.2) is 5.69 Å².